The molecule has 3 N–H and O–H groups in total. The van der Waals surface area contributed by atoms with Gasteiger partial charge in [0.15, 0.2) is 13.2 Å². The zero-order valence-corrected chi connectivity index (χ0v) is 11.7. The molecule has 0 saturated carbocycles. The van der Waals surface area contributed by atoms with E-state index in [1.807, 2.05) is 0 Å². The van der Waals surface area contributed by atoms with Gasteiger partial charge in [-0.1, -0.05) is 0 Å². The van der Waals surface area contributed by atoms with E-state index in [1.165, 1.54) is 6.92 Å². The van der Waals surface area contributed by atoms with Gasteiger partial charge in [0.1, 0.15) is 5.75 Å². The van der Waals surface area contributed by atoms with Gasteiger partial charge < -0.3 is 19.9 Å². The monoisotopic (exact) mass is 295 g/mol. The molecule has 0 amide bonds. The van der Waals surface area contributed by atoms with Crippen LogP contribution < -0.4 is 0 Å². The summed E-state index contributed by atoms with van der Waals surface area (Å²) < 4.78 is 39.3. The Hall–Kier alpha value is -1.04. The smallest absolute Gasteiger partial charge is 0.326 e. The number of aliphatic hydroxyl groups excluding tert-OH is 2. The highest BCUT2D eigenvalue weighted by atomic mass is 31.2. The average Bonchev–Trinajstić information content (AvgIpc) is 2.30. The molecule has 1 aromatic rings. The molecule has 1 aromatic heterocycles. The minimum atomic E-state index is -3.92. The summed E-state index contributed by atoms with van der Waals surface area (Å²) in [6.07, 6.45) is -1.47. The normalized spacial score (nSPS) is 14.5. The highest BCUT2D eigenvalue weighted by Crippen LogP contribution is 2.59. The number of pyridine rings is 1. The summed E-state index contributed by atoms with van der Waals surface area (Å²) in [7, 11) is -3.92. The van der Waals surface area contributed by atoms with E-state index < -0.39 is 36.8 Å². The third-order valence-electron chi connectivity index (χ3n) is 2.87. The van der Waals surface area contributed by atoms with Crippen molar-refractivity contribution in [2.24, 2.45) is 0 Å². The Bertz CT molecular complexity index is 530. The number of aliphatic hydroxyl groups is 2. The molecule has 19 heavy (non-hydrogen) atoms. The Morgan fingerprint density at radius 1 is 1.47 bits per heavy atom. The first kappa shape index (κ1) is 16.0. The summed E-state index contributed by atoms with van der Waals surface area (Å²) in [6, 6.07) is 0. The highest BCUT2D eigenvalue weighted by molar-refractivity contribution is 7.63. The van der Waals surface area contributed by atoms with Crippen molar-refractivity contribution in [1.29, 1.82) is 0 Å². The molecular formula is C11H16F2NO4P. The van der Waals surface area contributed by atoms with Crippen LogP contribution in [0.1, 0.15) is 22.9 Å². The number of alkyl halides is 2. The molecule has 0 fully saturated rings. The van der Waals surface area contributed by atoms with Crippen LogP contribution in [0.25, 0.3) is 0 Å². The molecule has 0 aromatic carbocycles. The standard InChI is InChI=1S/C11H16F2NO4P/c1-6-9(16)8(5-15)7(4-14-6)10(17)11(12,13)19(2,3)18/h4,10,15-17H,5H2,1-3H3. The molecule has 0 aliphatic carbocycles. The number of hydrogen-bond acceptors (Lipinski definition) is 5. The van der Waals surface area contributed by atoms with E-state index in [0.717, 1.165) is 19.5 Å². The van der Waals surface area contributed by atoms with Crippen molar-refractivity contribution in [2.45, 2.75) is 25.3 Å². The van der Waals surface area contributed by atoms with E-state index in [2.05, 4.69) is 4.98 Å². The number of nitrogens with zero attached hydrogens (tertiary/aromatic N) is 1. The zero-order chi connectivity index (χ0) is 15.0. The predicted octanol–water partition coefficient (Wildman–Crippen LogP) is 1.84. The first-order chi connectivity index (χ1) is 8.54. The molecule has 0 aliphatic heterocycles. The Balaban J connectivity index is 3.40. The van der Waals surface area contributed by atoms with Crippen LogP contribution in [0.4, 0.5) is 8.78 Å². The lowest BCUT2D eigenvalue weighted by Crippen LogP contribution is -2.27. The third-order valence-corrected chi connectivity index (χ3v) is 4.55. The van der Waals surface area contributed by atoms with Gasteiger partial charge in [0, 0.05) is 17.3 Å². The van der Waals surface area contributed by atoms with Crippen LogP contribution in [-0.4, -0.2) is 39.3 Å². The Kier molecular flexibility index (Phi) is 4.34. The van der Waals surface area contributed by atoms with Gasteiger partial charge in [0.05, 0.1) is 12.3 Å². The molecule has 1 unspecified atom stereocenters. The van der Waals surface area contributed by atoms with Crippen LogP contribution >= 0.6 is 7.14 Å². The molecule has 0 saturated heterocycles. The van der Waals surface area contributed by atoms with Gasteiger partial charge >= 0.3 is 5.66 Å². The van der Waals surface area contributed by atoms with Crippen LogP contribution in [-0.2, 0) is 11.2 Å². The van der Waals surface area contributed by atoms with Gasteiger partial charge in [-0.3, -0.25) is 4.98 Å². The maximum Gasteiger partial charge on any atom is 0.326 e. The summed E-state index contributed by atoms with van der Waals surface area (Å²) in [4.78, 5) is 3.66. The van der Waals surface area contributed by atoms with Crippen LogP contribution in [0.3, 0.4) is 0 Å². The van der Waals surface area contributed by atoms with Gasteiger partial charge in [0.25, 0.3) is 0 Å². The van der Waals surface area contributed by atoms with Gasteiger partial charge in [-0.25, -0.2) is 0 Å². The van der Waals surface area contributed by atoms with Gasteiger partial charge in [0.2, 0.25) is 0 Å². The summed E-state index contributed by atoms with van der Waals surface area (Å²) >= 11 is 0. The fourth-order valence-electron chi connectivity index (χ4n) is 1.54. The minimum absolute atomic E-state index is 0.138. The zero-order valence-electron chi connectivity index (χ0n) is 10.8. The Morgan fingerprint density at radius 3 is 2.42 bits per heavy atom. The summed E-state index contributed by atoms with van der Waals surface area (Å²) in [5, 5.41) is 28.5. The fraction of sp³-hybridized carbons (Fsp3) is 0.545. The molecule has 0 aliphatic rings. The van der Waals surface area contributed by atoms with Gasteiger partial charge in [-0.15, -0.1) is 0 Å². The van der Waals surface area contributed by atoms with Crippen molar-refractivity contribution in [2.75, 3.05) is 13.3 Å². The molecule has 0 spiro atoms. The number of rotatable bonds is 4. The molecule has 8 heteroatoms. The summed E-state index contributed by atoms with van der Waals surface area (Å²) in [6.45, 7) is 2.40. The first-order valence-electron chi connectivity index (χ1n) is 5.43. The lowest BCUT2D eigenvalue weighted by atomic mass is 10.0. The second-order valence-corrected chi connectivity index (χ2v) is 7.92. The molecular weight excluding hydrogens is 279 g/mol. The molecule has 1 atom stereocenters. The van der Waals surface area contributed by atoms with E-state index in [0.29, 0.717) is 0 Å². The number of aryl methyl sites for hydroxylation is 1. The van der Waals surface area contributed by atoms with Crippen LogP contribution in [0.2, 0.25) is 0 Å². The van der Waals surface area contributed by atoms with Crippen LogP contribution in [0.5, 0.6) is 5.75 Å². The number of aromatic nitrogens is 1. The number of hydrogen-bond donors (Lipinski definition) is 3. The minimum Gasteiger partial charge on any atom is -0.506 e. The highest BCUT2D eigenvalue weighted by Gasteiger charge is 2.51. The second kappa shape index (κ2) is 5.15. The quantitative estimate of drug-likeness (QED) is 0.737. The van der Waals surface area contributed by atoms with Crippen LogP contribution in [0.15, 0.2) is 6.20 Å². The Morgan fingerprint density at radius 2 is 2.00 bits per heavy atom. The largest absolute Gasteiger partial charge is 0.506 e. The van der Waals surface area contributed by atoms with Crippen molar-refractivity contribution < 1.29 is 28.7 Å². The van der Waals surface area contributed by atoms with Crippen molar-refractivity contribution in [3.63, 3.8) is 0 Å². The van der Waals surface area contributed by atoms with E-state index >= 15 is 0 Å². The number of aromatic hydroxyl groups is 1. The maximum absolute atomic E-state index is 13.9. The summed E-state index contributed by atoms with van der Waals surface area (Å²) in [5.74, 6) is -0.461. The van der Waals surface area contributed by atoms with Gasteiger partial charge in [-0.2, -0.15) is 8.78 Å². The van der Waals surface area contributed by atoms with E-state index in [4.69, 9.17) is 5.11 Å². The van der Waals surface area contributed by atoms with E-state index in [9.17, 15) is 23.6 Å². The lowest BCUT2D eigenvalue weighted by molar-refractivity contribution is -0.0458. The summed E-state index contributed by atoms with van der Waals surface area (Å²) in [5.41, 5.74) is -4.41. The van der Waals surface area contributed by atoms with E-state index in [-0.39, 0.29) is 11.3 Å². The molecule has 1 heterocycles. The SMILES string of the molecule is Cc1ncc(C(O)C(F)(F)P(C)(C)=O)c(CO)c1O. The maximum atomic E-state index is 13.9. The predicted molar refractivity (Wildman–Crippen MR) is 65.9 cm³/mol. The molecule has 1 rings (SSSR count). The fourth-order valence-corrected chi connectivity index (χ4v) is 2.27. The Labute approximate surface area is 109 Å². The molecule has 0 radical (unpaired) electrons. The topological polar surface area (TPSA) is 90.7 Å². The molecule has 5 nitrogen and oxygen atoms in total. The second-order valence-electron chi connectivity index (χ2n) is 4.63. The van der Waals surface area contributed by atoms with Crippen LogP contribution in [0, 0.1) is 6.92 Å². The molecule has 0 bridgehead atoms. The third kappa shape index (κ3) is 2.78. The van der Waals surface area contributed by atoms with Crippen molar-refractivity contribution in [3.8, 4) is 5.75 Å². The first-order valence-corrected chi connectivity index (χ1v) is 8.03. The molecule has 108 valence electrons. The number of halogens is 2. The van der Waals surface area contributed by atoms with Crippen molar-refractivity contribution in [3.05, 3.63) is 23.0 Å². The van der Waals surface area contributed by atoms with Gasteiger partial charge in [-0.05, 0) is 20.3 Å². The average molecular weight is 295 g/mol. The van der Waals surface area contributed by atoms with Crippen molar-refractivity contribution in [1.82, 2.24) is 4.98 Å². The lowest BCUT2D eigenvalue weighted by Gasteiger charge is -2.27. The van der Waals surface area contributed by atoms with Crippen molar-refractivity contribution >= 4 is 7.14 Å². The van der Waals surface area contributed by atoms with E-state index in [1.54, 1.807) is 0 Å².